The van der Waals surface area contributed by atoms with E-state index in [2.05, 4.69) is 87.9 Å². The lowest BCUT2D eigenvalue weighted by Gasteiger charge is -2.40. The Morgan fingerprint density at radius 3 is 2.16 bits per heavy atom. The fraction of sp³-hybridized carbons (Fsp3) is 0.342. The van der Waals surface area contributed by atoms with Crippen molar-refractivity contribution < 1.29 is 19.4 Å². The summed E-state index contributed by atoms with van der Waals surface area (Å²) in [6.07, 6.45) is 0.187. The summed E-state index contributed by atoms with van der Waals surface area (Å²) in [6.45, 7) is 8.01. The van der Waals surface area contributed by atoms with Gasteiger partial charge in [0.15, 0.2) is 6.29 Å². The van der Waals surface area contributed by atoms with Crippen molar-refractivity contribution >= 4 is 5.91 Å². The van der Waals surface area contributed by atoms with Crippen LogP contribution in [0.5, 0.6) is 0 Å². The first-order valence-corrected chi connectivity index (χ1v) is 16.0. The van der Waals surface area contributed by atoms with E-state index in [9.17, 15) is 9.90 Å². The SMILES string of the molecule is CC(=O)NCc1ccccc1-c1ccc([C@@H]2O[C@H](CN3CCN(Cc4ccccc4)CC3)C[C@H](c3ccc(CO)cc3)O2)cc1. The third kappa shape index (κ3) is 8.25. The predicted octanol–water partition coefficient (Wildman–Crippen LogP) is 5.85. The van der Waals surface area contributed by atoms with Gasteiger partial charge in [0.05, 0.1) is 18.8 Å². The van der Waals surface area contributed by atoms with Crippen LogP contribution >= 0.6 is 0 Å². The van der Waals surface area contributed by atoms with Crippen molar-refractivity contribution in [3.05, 3.63) is 131 Å². The lowest BCUT2D eigenvalue weighted by molar-refractivity contribution is -0.253. The molecule has 0 radical (unpaired) electrons. The normalized spacial score (nSPS) is 21.0. The van der Waals surface area contributed by atoms with Crippen molar-refractivity contribution in [2.24, 2.45) is 0 Å². The van der Waals surface area contributed by atoms with Crippen molar-refractivity contribution in [3.8, 4) is 11.1 Å². The van der Waals surface area contributed by atoms with Crippen molar-refractivity contribution in [2.75, 3.05) is 32.7 Å². The summed E-state index contributed by atoms with van der Waals surface area (Å²) in [5.41, 5.74) is 7.57. The highest BCUT2D eigenvalue weighted by molar-refractivity contribution is 5.74. The Labute approximate surface area is 266 Å². The molecule has 2 fully saturated rings. The van der Waals surface area contributed by atoms with Gasteiger partial charge in [0, 0.05) is 64.7 Å². The molecule has 3 atom stereocenters. The zero-order chi connectivity index (χ0) is 31.0. The minimum absolute atomic E-state index is 0.0185. The smallest absolute Gasteiger partial charge is 0.217 e. The third-order valence-electron chi connectivity index (χ3n) is 8.83. The number of hydrogen-bond acceptors (Lipinski definition) is 6. The molecule has 1 amide bonds. The van der Waals surface area contributed by atoms with Crippen molar-refractivity contribution in [2.45, 2.75) is 51.5 Å². The van der Waals surface area contributed by atoms with Crippen LogP contribution in [-0.4, -0.2) is 59.6 Å². The molecular formula is C38H43N3O4. The van der Waals surface area contributed by atoms with E-state index >= 15 is 0 Å². The standard InChI is InChI=1S/C38H43N3O4/c1-28(43)39-24-34-9-5-6-10-36(34)31-15-17-33(18-16-31)38-44-35(23-37(45-38)32-13-11-30(27-42)12-14-32)26-41-21-19-40(20-22-41)25-29-7-3-2-4-8-29/h2-18,35,37-38,42H,19-27H2,1H3,(H,39,43)/t35-,37+,38+/m0/s1. The molecule has 4 aromatic carbocycles. The number of hydrogen-bond donors (Lipinski definition) is 2. The third-order valence-corrected chi connectivity index (χ3v) is 8.83. The summed E-state index contributed by atoms with van der Waals surface area (Å²) in [7, 11) is 0. The summed E-state index contributed by atoms with van der Waals surface area (Å²) < 4.78 is 13.3. The van der Waals surface area contributed by atoms with Crippen LogP contribution in [-0.2, 0) is 34.0 Å². The van der Waals surface area contributed by atoms with E-state index in [1.165, 1.54) is 12.5 Å². The monoisotopic (exact) mass is 605 g/mol. The van der Waals surface area contributed by atoms with Gasteiger partial charge >= 0.3 is 0 Å². The van der Waals surface area contributed by atoms with Crippen molar-refractivity contribution in [3.63, 3.8) is 0 Å². The molecule has 7 nitrogen and oxygen atoms in total. The quantitative estimate of drug-likeness (QED) is 0.237. The van der Waals surface area contributed by atoms with Crippen LogP contribution in [0.1, 0.15) is 53.6 Å². The average molecular weight is 606 g/mol. The van der Waals surface area contributed by atoms with E-state index in [0.29, 0.717) is 6.54 Å². The molecule has 2 aliphatic heterocycles. The summed E-state index contributed by atoms with van der Waals surface area (Å²) in [5.74, 6) is -0.0454. The van der Waals surface area contributed by atoms with Crippen LogP contribution < -0.4 is 5.32 Å². The highest BCUT2D eigenvalue weighted by atomic mass is 16.7. The Morgan fingerprint density at radius 2 is 1.44 bits per heavy atom. The molecule has 0 bridgehead atoms. The van der Waals surface area contributed by atoms with Crippen LogP contribution in [0, 0.1) is 0 Å². The van der Waals surface area contributed by atoms with Gasteiger partial charge in [0.2, 0.25) is 5.91 Å². The topological polar surface area (TPSA) is 74.3 Å². The maximum atomic E-state index is 11.5. The number of rotatable bonds is 10. The first-order valence-electron chi connectivity index (χ1n) is 16.0. The number of nitrogens with zero attached hydrogens (tertiary/aromatic N) is 2. The van der Waals surface area contributed by atoms with Gasteiger partial charge in [-0.05, 0) is 33.4 Å². The van der Waals surface area contributed by atoms with Crippen LogP contribution in [0.3, 0.4) is 0 Å². The second-order valence-corrected chi connectivity index (χ2v) is 12.1. The Hall–Kier alpha value is -3.85. The molecule has 6 rings (SSSR count). The van der Waals surface area contributed by atoms with Crippen LogP contribution in [0.15, 0.2) is 103 Å². The van der Waals surface area contributed by atoms with Gasteiger partial charge in [0.25, 0.3) is 0 Å². The first kappa shape index (κ1) is 31.1. The van der Waals surface area contributed by atoms with E-state index in [0.717, 1.165) is 79.1 Å². The van der Waals surface area contributed by atoms with Gasteiger partial charge in [-0.25, -0.2) is 0 Å². The lowest BCUT2D eigenvalue weighted by atomic mass is 9.97. The number of ether oxygens (including phenoxy) is 2. The number of aliphatic hydroxyl groups excluding tert-OH is 1. The number of amides is 1. The Morgan fingerprint density at radius 1 is 0.778 bits per heavy atom. The van der Waals surface area contributed by atoms with Gasteiger partial charge in [-0.3, -0.25) is 14.6 Å². The van der Waals surface area contributed by atoms with Gasteiger partial charge in [0.1, 0.15) is 0 Å². The number of nitrogens with one attached hydrogen (secondary N) is 1. The summed E-state index contributed by atoms with van der Waals surface area (Å²) in [4.78, 5) is 16.6. The molecule has 234 valence electrons. The number of carbonyl (C=O) groups is 1. The number of benzene rings is 4. The van der Waals surface area contributed by atoms with Crippen LogP contribution in [0.2, 0.25) is 0 Å². The first-order chi connectivity index (χ1) is 22.0. The minimum Gasteiger partial charge on any atom is -0.392 e. The summed E-state index contributed by atoms with van der Waals surface area (Å²) in [5, 5.41) is 12.5. The molecule has 45 heavy (non-hydrogen) atoms. The zero-order valence-corrected chi connectivity index (χ0v) is 26.0. The Kier molecular flexibility index (Phi) is 10.4. The van der Waals surface area contributed by atoms with Gasteiger partial charge in [-0.1, -0.05) is 103 Å². The Bertz CT molecular complexity index is 1520. The molecule has 0 aromatic heterocycles. The van der Waals surface area contributed by atoms with Crippen LogP contribution in [0.25, 0.3) is 11.1 Å². The van der Waals surface area contributed by atoms with Gasteiger partial charge in [-0.2, -0.15) is 0 Å². The van der Waals surface area contributed by atoms with E-state index in [1.807, 2.05) is 30.3 Å². The highest BCUT2D eigenvalue weighted by Crippen LogP contribution is 2.39. The molecular weight excluding hydrogens is 562 g/mol. The van der Waals surface area contributed by atoms with E-state index in [-0.39, 0.29) is 24.7 Å². The molecule has 4 aromatic rings. The van der Waals surface area contributed by atoms with E-state index in [4.69, 9.17) is 9.47 Å². The molecule has 0 spiro atoms. The maximum absolute atomic E-state index is 11.5. The second kappa shape index (κ2) is 15.0. The van der Waals surface area contributed by atoms with Gasteiger partial charge in [-0.15, -0.1) is 0 Å². The fourth-order valence-corrected chi connectivity index (χ4v) is 6.29. The molecule has 2 N–H and O–H groups in total. The lowest BCUT2D eigenvalue weighted by Crippen LogP contribution is -2.49. The number of piperazine rings is 1. The molecule has 0 aliphatic carbocycles. The summed E-state index contributed by atoms with van der Waals surface area (Å²) >= 11 is 0. The number of carbonyl (C=O) groups excluding carboxylic acids is 1. The molecule has 0 unspecified atom stereocenters. The predicted molar refractivity (Wildman–Crippen MR) is 176 cm³/mol. The van der Waals surface area contributed by atoms with Gasteiger partial charge < -0.3 is 19.9 Å². The highest BCUT2D eigenvalue weighted by Gasteiger charge is 2.33. The second-order valence-electron chi connectivity index (χ2n) is 12.1. The molecule has 2 heterocycles. The summed E-state index contributed by atoms with van der Waals surface area (Å²) in [6, 6.07) is 35.3. The minimum atomic E-state index is -0.491. The fourth-order valence-electron chi connectivity index (χ4n) is 6.29. The Balaban J connectivity index is 1.15. The average Bonchev–Trinajstić information content (AvgIpc) is 3.09. The largest absolute Gasteiger partial charge is 0.392 e. The molecule has 2 saturated heterocycles. The maximum Gasteiger partial charge on any atom is 0.217 e. The van der Waals surface area contributed by atoms with E-state index in [1.54, 1.807) is 0 Å². The van der Waals surface area contributed by atoms with E-state index < -0.39 is 6.29 Å². The zero-order valence-electron chi connectivity index (χ0n) is 26.0. The van der Waals surface area contributed by atoms with Crippen molar-refractivity contribution in [1.82, 2.24) is 15.1 Å². The molecule has 0 saturated carbocycles. The van der Waals surface area contributed by atoms with Crippen LogP contribution in [0.4, 0.5) is 0 Å². The molecule has 2 aliphatic rings. The number of aliphatic hydroxyl groups is 1. The van der Waals surface area contributed by atoms with Crippen molar-refractivity contribution in [1.29, 1.82) is 0 Å². The molecule has 7 heteroatoms.